The lowest BCUT2D eigenvalue weighted by Gasteiger charge is -2.15. The van der Waals surface area contributed by atoms with Gasteiger partial charge in [-0.3, -0.25) is 9.97 Å². The Bertz CT molecular complexity index is 924. The van der Waals surface area contributed by atoms with Gasteiger partial charge in [-0.05, 0) is 28.5 Å². The van der Waals surface area contributed by atoms with Gasteiger partial charge in [-0.25, -0.2) is 0 Å². The summed E-state index contributed by atoms with van der Waals surface area (Å²) >= 11 is 1.73. The Morgan fingerprint density at radius 3 is 2.67 bits per heavy atom. The fourth-order valence-corrected chi connectivity index (χ4v) is 3.65. The first kappa shape index (κ1) is 12.4. The molecular formula is C17H13N3S. The maximum atomic E-state index is 6.55. The molecule has 1 atom stereocenters. The van der Waals surface area contributed by atoms with Crippen molar-refractivity contribution in [2.45, 2.75) is 6.04 Å². The lowest BCUT2D eigenvalue weighted by molar-refractivity contribution is 0.887. The molecule has 21 heavy (non-hydrogen) atoms. The van der Waals surface area contributed by atoms with Gasteiger partial charge in [0.05, 0.1) is 17.1 Å². The molecule has 4 heteroatoms. The van der Waals surface area contributed by atoms with E-state index in [-0.39, 0.29) is 6.04 Å². The number of nitrogens with zero attached hydrogens (tertiary/aromatic N) is 2. The molecule has 0 saturated heterocycles. The summed E-state index contributed by atoms with van der Waals surface area (Å²) in [5, 5.41) is 3.34. The summed E-state index contributed by atoms with van der Waals surface area (Å²) in [4.78, 5) is 8.81. The molecule has 0 radical (unpaired) electrons. The van der Waals surface area contributed by atoms with E-state index in [0.29, 0.717) is 0 Å². The minimum Gasteiger partial charge on any atom is -0.320 e. The number of benzene rings is 2. The van der Waals surface area contributed by atoms with Crippen molar-refractivity contribution in [3.05, 3.63) is 71.4 Å². The van der Waals surface area contributed by atoms with Crippen LogP contribution in [0.3, 0.4) is 0 Å². The van der Waals surface area contributed by atoms with Crippen LogP contribution in [0.15, 0.2) is 60.2 Å². The normalized spacial score (nSPS) is 12.8. The molecule has 0 fully saturated rings. The van der Waals surface area contributed by atoms with E-state index >= 15 is 0 Å². The minimum atomic E-state index is -0.201. The standard InChI is InChI=1S/C17H13N3S/c18-15(13-5-1-3-11-7-10-21-17(11)13)12-4-2-6-14-16(12)20-9-8-19-14/h1-10,15H,18H2. The number of thiophene rings is 1. The summed E-state index contributed by atoms with van der Waals surface area (Å²) in [5.74, 6) is 0. The van der Waals surface area contributed by atoms with Crippen LogP contribution in [0.5, 0.6) is 0 Å². The molecule has 0 aliphatic rings. The number of hydrogen-bond donors (Lipinski definition) is 1. The molecule has 0 aliphatic heterocycles. The molecule has 0 aliphatic carbocycles. The zero-order chi connectivity index (χ0) is 14.2. The Kier molecular flexibility index (Phi) is 2.91. The van der Waals surface area contributed by atoms with Crippen molar-refractivity contribution < 1.29 is 0 Å². The summed E-state index contributed by atoms with van der Waals surface area (Å²) < 4.78 is 1.24. The van der Waals surface area contributed by atoms with Crippen LogP contribution >= 0.6 is 11.3 Å². The molecule has 4 rings (SSSR count). The second-order valence-electron chi connectivity index (χ2n) is 4.94. The minimum absolute atomic E-state index is 0.201. The van der Waals surface area contributed by atoms with Crippen molar-refractivity contribution in [3.8, 4) is 0 Å². The molecule has 2 heterocycles. The number of hydrogen-bond acceptors (Lipinski definition) is 4. The Hall–Kier alpha value is -2.30. The number of fused-ring (bicyclic) bond motifs is 2. The van der Waals surface area contributed by atoms with Gasteiger partial charge >= 0.3 is 0 Å². The summed E-state index contributed by atoms with van der Waals surface area (Å²) in [7, 11) is 0. The largest absolute Gasteiger partial charge is 0.320 e. The lowest BCUT2D eigenvalue weighted by atomic mass is 9.97. The highest BCUT2D eigenvalue weighted by atomic mass is 32.1. The second-order valence-corrected chi connectivity index (χ2v) is 5.85. The number of para-hydroxylation sites is 1. The first-order chi connectivity index (χ1) is 10.3. The van der Waals surface area contributed by atoms with E-state index in [9.17, 15) is 0 Å². The molecule has 3 nitrogen and oxygen atoms in total. The van der Waals surface area contributed by atoms with Crippen molar-refractivity contribution in [3.63, 3.8) is 0 Å². The van der Waals surface area contributed by atoms with Crippen LogP contribution in [0.1, 0.15) is 17.2 Å². The van der Waals surface area contributed by atoms with Gasteiger partial charge in [0, 0.05) is 22.7 Å². The predicted molar refractivity (Wildman–Crippen MR) is 87.4 cm³/mol. The molecular weight excluding hydrogens is 278 g/mol. The topological polar surface area (TPSA) is 51.8 Å². The molecule has 0 saturated carbocycles. The van der Waals surface area contributed by atoms with E-state index in [0.717, 1.165) is 22.2 Å². The molecule has 102 valence electrons. The molecule has 2 aromatic carbocycles. The van der Waals surface area contributed by atoms with E-state index in [1.165, 1.54) is 10.1 Å². The predicted octanol–water partition coefficient (Wildman–Crippen LogP) is 3.89. The third-order valence-corrected chi connectivity index (χ3v) is 4.69. The Morgan fingerprint density at radius 1 is 0.905 bits per heavy atom. The van der Waals surface area contributed by atoms with Crippen molar-refractivity contribution in [2.75, 3.05) is 0 Å². The van der Waals surface area contributed by atoms with Crippen molar-refractivity contribution in [2.24, 2.45) is 5.73 Å². The zero-order valence-electron chi connectivity index (χ0n) is 11.2. The Morgan fingerprint density at radius 2 is 1.71 bits per heavy atom. The molecule has 2 N–H and O–H groups in total. The third kappa shape index (κ3) is 2.00. The summed E-state index contributed by atoms with van der Waals surface area (Å²) in [6.45, 7) is 0. The first-order valence-corrected chi connectivity index (χ1v) is 7.64. The van der Waals surface area contributed by atoms with Gasteiger partial charge in [0.15, 0.2) is 0 Å². The van der Waals surface area contributed by atoms with Gasteiger partial charge in [0.25, 0.3) is 0 Å². The molecule has 0 amide bonds. The highest BCUT2D eigenvalue weighted by Crippen LogP contribution is 2.32. The molecule has 4 aromatic rings. The smallest absolute Gasteiger partial charge is 0.0937 e. The van der Waals surface area contributed by atoms with E-state index in [2.05, 4.69) is 39.6 Å². The first-order valence-electron chi connectivity index (χ1n) is 6.76. The van der Waals surface area contributed by atoms with Crippen molar-refractivity contribution in [1.82, 2.24) is 9.97 Å². The number of nitrogens with two attached hydrogens (primary N) is 1. The maximum Gasteiger partial charge on any atom is 0.0937 e. The highest BCUT2D eigenvalue weighted by molar-refractivity contribution is 7.17. The van der Waals surface area contributed by atoms with Crippen LogP contribution in [0.2, 0.25) is 0 Å². The van der Waals surface area contributed by atoms with Gasteiger partial charge in [-0.1, -0.05) is 30.3 Å². The average molecular weight is 291 g/mol. The van der Waals surface area contributed by atoms with Crippen molar-refractivity contribution >= 4 is 32.5 Å². The van der Waals surface area contributed by atoms with E-state index in [1.807, 2.05) is 18.2 Å². The van der Waals surface area contributed by atoms with Crippen LogP contribution < -0.4 is 5.73 Å². The van der Waals surface area contributed by atoms with E-state index < -0.39 is 0 Å². The number of rotatable bonds is 2. The average Bonchev–Trinajstić information content (AvgIpc) is 3.02. The zero-order valence-corrected chi connectivity index (χ0v) is 12.0. The summed E-state index contributed by atoms with van der Waals surface area (Å²) in [6.07, 6.45) is 3.42. The highest BCUT2D eigenvalue weighted by Gasteiger charge is 2.16. The lowest BCUT2D eigenvalue weighted by Crippen LogP contribution is -2.13. The van der Waals surface area contributed by atoms with Gasteiger partial charge < -0.3 is 5.73 Å². The Balaban J connectivity index is 1.94. The molecule has 2 aromatic heterocycles. The molecule has 0 bridgehead atoms. The van der Waals surface area contributed by atoms with Crippen LogP contribution in [0.4, 0.5) is 0 Å². The Labute approximate surface area is 126 Å². The maximum absolute atomic E-state index is 6.55. The van der Waals surface area contributed by atoms with E-state index in [4.69, 9.17) is 5.73 Å². The summed E-state index contributed by atoms with van der Waals surface area (Å²) in [5.41, 5.74) is 10.5. The fraction of sp³-hybridized carbons (Fsp3) is 0.0588. The number of aromatic nitrogens is 2. The van der Waals surface area contributed by atoms with Gasteiger partial charge in [0.1, 0.15) is 0 Å². The van der Waals surface area contributed by atoms with Crippen LogP contribution in [0.25, 0.3) is 21.1 Å². The SMILES string of the molecule is NC(c1cccc2nccnc12)c1cccc2ccsc12. The van der Waals surface area contributed by atoms with Crippen molar-refractivity contribution in [1.29, 1.82) is 0 Å². The van der Waals surface area contributed by atoms with Gasteiger partial charge in [-0.2, -0.15) is 0 Å². The van der Waals surface area contributed by atoms with Crippen LogP contribution in [-0.4, -0.2) is 9.97 Å². The van der Waals surface area contributed by atoms with Crippen LogP contribution in [-0.2, 0) is 0 Å². The third-order valence-electron chi connectivity index (χ3n) is 3.71. The van der Waals surface area contributed by atoms with Gasteiger partial charge in [0.2, 0.25) is 0 Å². The fourth-order valence-electron chi connectivity index (χ4n) is 2.69. The quantitative estimate of drug-likeness (QED) is 0.609. The second kappa shape index (κ2) is 4.91. The molecule has 1 unspecified atom stereocenters. The van der Waals surface area contributed by atoms with Crippen LogP contribution in [0, 0.1) is 0 Å². The van der Waals surface area contributed by atoms with E-state index in [1.54, 1.807) is 23.7 Å². The monoisotopic (exact) mass is 291 g/mol. The summed E-state index contributed by atoms with van der Waals surface area (Å²) in [6, 6.07) is 14.2. The molecule has 0 spiro atoms. The van der Waals surface area contributed by atoms with Gasteiger partial charge in [-0.15, -0.1) is 11.3 Å².